The van der Waals surface area contributed by atoms with Crippen LogP contribution in [0.2, 0.25) is 0 Å². The zero-order chi connectivity index (χ0) is 25.8. The smallest absolute Gasteiger partial charge is 0.329 e. The molecule has 0 radical (unpaired) electrons. The molecule has 0 aromatic heterocycles. The van der Waals surface area contributed by atoms with Crippen LogP contribution in [-0.2, 0) is 16.0 Å². The topological polar surface area (TPSA) is 94.1 Å². The predicted octanol–water partition coefficient (Wildman–Crippen LogP) is 5.04. The molecule has 0 saturated carbocycles. The van der Waals surface area contributed by atoms with Crippen molar-refractivity contribution in [3.8, 4) is 11.5 Å². The van der Waals surface area contributed by atoms with E-state index in [1.165, 1.54) is 5.56 Å². The minimum Gasteiger partial charge on any atom is -0.489 e. The van der Waals surface area contributed by atoms with Crippen molar-refractivity contribution >= 4 is 11.9 Å². The van der Waals surface area contributed by atoms with Gasteiger partial charge in [0.2, 0.25) is 0 Å². The molecule has 0 spiro atoms. The molecule has 2 atom stereocenters. The number of amides is 1. The lowest BCUT2D eigenvalue weighted by Crippen LogP contribution is -2.52. The van der Waals surface area contributed by atoms with Crippen LogP contribution < -0.4 is 14.8 Å². The Hall–Kier alpha value is -3.06. The fourth-order valence-electron chi connectivity index (χ4n) is 3.55. The van der Waals surface area contributed by atoms with Gasteiger partial charge >= 0.3 is 5.97 Å². The normalized spacial score (nSPS) is 13.5. The number of carbonyl (C=O) groups excluding carboxylic acids is 1. The summed E-state index contributed by atoms with van der Waals surface area (Å²) < 4.78 is 16.8. The van der Waals surface area contributed by atoms with Gasteiger partial charge in [-0.1, -0.05) is 50.1 Å². The van der Waals surface area contributed by atoms with Gasteiger partial charge in [-0.3, -0.25) is 4.79 Å². The highest BCUT2D eigenvalue weighted by molar-refractivity contribution is 5.98. The summed E-state index contributed by atoms with van der Waals surface area (Å²) in [5, 5.41) is 12.5. The Morgan fingerprint density at radius 1 is 1.06 bits per heavy atom. The summed E-state index contributed by atoms with van der Waals surface area (Å²) in [6.07, 6.45) is 2.71. The summed E-state index contributed by atoms with van der Waals surface area (Å²) >= 11 is 0. The quantitative estimate of drug-likeness (QED) is 0.343. The SMILES string of the molecule is CC[C@H](C)CC[C@](C)(NC(=O)c1ccc(OCCOC)c(OCCc2cccc(C)c2)c1)C(=O)O. The van der Waals surface area contributed by atoms with Crippen LogP contribution >= 0.6 is 0 Å². The van der Waals surface area contributed by atoms with Crippen molar-refractivity contribution in [1.29, 1.82) is 0 Å². The van der Waals surface area contributed by atoms with E-state index in [0.29, 0.717) is 62.1 Å². The van der Waals surface area contributed by atoms with E-state index in [0.717, 1.165) is 12.0 Å². The minimum atomic E-state index is -1.36. The van der Waals surface area contributed by atoms with Crippen LogP contribution in [0.4, 0.5) is 0 Å². The maximum Gasteiger partial charge on any atom is 0.329 e. The molecule has 0 bridgehead atoms. The number of rotatable bonds is 15. The predicted molar refractivity (Wildman–Crippen MR) is 136 cm³/mol. The molecule has 2 aromatic rings. The first-order valence-corrected chi connectivity index (χ1v) is 12.2. The van der Waals surface area contributed by atoms with Crippen molar-refractivity contribution in [2.75, 3.05) is 26.9 Å². The average molecular weight is 486 g/mol. The number of carboxylic acid groups (broad SMARTS) is 1. The number of methoxy groups -OCH3 is 1. The van der Waals surface area contributed by atoms with Crippen LogP contribution in [-0.4, -0.2) is 49.5 Å². The third-order valence-electron chi connectivity index (χ3n) is 6.18. The zero-order valence-corrected chi connectivity index (χ0v) is 21.6. The summed E-state index contributed by atoms with van der Waals surface area (Å²) in [5.74, 6) is -0.213. The van der Waals surface area contributed by atoms with E-state index >= 15 is 0 Å². The molecule has 2 rings (SSSR count). The number of hydrogen-bond donors (Lipinski definition) is 2. The van der Waals surface area contributed by atoms with Gasteiger partial charge in [0.15, 0.2) is 11.5 Å². The molecule has 1 amide bonds. The molecular weight excluding hydrogens is 446 g/mol. The molecule has 0 heterocycles. The Balaban J connectivity index is 2.17. The summed E-state index contributed by atoms with van der Waals surface area (Å²) in [6.45, 7) is 8.89. The Labute approximate surface area is 208 Å². The number of carboxylic acids is 1. The van der Waals surface area contributed by atoms with Gasteiger partial charge in [-0.15, -0.1) is 0 Å². The fourth-order valence-corrected chi connectivity index (χ4v) is 3.55. The lowest BCUT2D eigenvalue weighted by Gasteiger charge is -2.27. The second kappa shape index (κ2) is 13.7. The average Bonchev–Trinajstić information content (AvgIpc) is 2.83. The van der Waals surface area contributed by atoms with Crippen molar-refractivity contribution in [3.05, 3.63) is 59.2 Å². The van der Waals surface area contributed by atoms with E-state index in [2.05, 4.69) is 25.2 Å². The number of ether oxygens (including phenoxy) is 3. The molecule has 0 aliphatic carbocycles. The number of hydrogen-bond acceptors (Lipinski definition) is 5. The molecule has 2 aromatic carbocycles. The Kier molecular flexibility index (Phi) is 11.1. The van der Waals surface area contributed by atoms with Crippen molar-refractivity contribution in [3.63, 3.8) is 0 Å². The largest absolute Gasteiger partial charge is 0.489 e. The lowest BCUT2D eigenvalue weighted by atomic mass is 9.90. The van der Waals surface area contributed by atoms with Gasteiger partial charge in [0.05, 0.1) is 13.2 Å². The van der Waals surface area contributed by atoms with Crippen LogP contribution in [0.15, 0.2) is 42.5 Å². The van der Waals surface area contributed by atoms with Crippen LogP contribution in [0.5, 0.6) is 11.5 Å². The molecule has 0 saturated heterocycles. The highest BCUT2D eigenvalue weighted by atomic mass is 16.5. The molecule has 192 valence electrons. The summed E-state index contributed by atoms with van der Waals surface area (Å²) in [7, 11) is 1.59. The highest BCUT2D eigenvalue weighted by Crippen LogP contribution is 2.29. The van der Waals surface area contributed by atoms with E-state index in [9.17, 15) is 14.7 Å². The lowest BCUT2D eigenvalue weighted by molar-refractivity contribution is -0.144. The number of carbonyl (C=O) groups is 2. The van der Waals surface area contributed by atoms with Crippen LogP contribution in [0, 0.1) is 12.8 Å². The van der Waals surface area contributed by atoms with Gasteiger partial charge in [-0.2, -0.15) is 0 Å². The molecule has 7 heteroatoms. The van der Waals surface area contributed by atoms with Crippen LogP contribution in [0.25, 0.3) is 0 Å². The second-order valence-corrected chi connectivity index (χ2v) is 9.23. The number of aliphatic carboxylic acids is 1. The fraction of sp³-hybridized carbons (Fsp3) is 0.500. The van der Waals surface area contributed by atoms with Crippen molar-refractivity contribution < 1.29 is 28.9 Å². The van der Waals surface area contributed by atoms with E-state index in [4.69, 9.17) is 14.2 Å². The highest BCUT2D eigenvalue weighted by Gasteiger charge is 2.35. The van der Waals surface area contributed by atoms with Crippen molar-refractivity contribution in [1.82, 2.24) is 5.32 Å². The Morgan fingerprint density at radius 3 is 2.46 bits per heavy atom. The molecule has 7 nitrogen and oxygen atoms in total. The standard InChI is InChI=1S/C28H39NO6/c1-6-20(2)12-14-28(4,27(31)32)29-26(30)23-10-11-24(35-17-16-33-5)25(19-23)34-15-13-22-9-7-8-21(3)18-22/h7-11,18-20H,6,12-17H2,1-5H3,(H,29,30)(H,31,32)/t20-,28-/m0/s1. The van der Waals surface area contributed by atoms with E-state index < -0.39 is 17.4 Å². The molecule has 0 unspecified atom stereocenters. The Bertz CT molecular complexity index is 976. The Morgan fingerprint density at radius 2 is 1.80 bits per heavy atom. The van der Waals surface area contributed by atoms with Gasteiger partial charge in [0.25, 0.3) is 5.91 Å². The molecule has 2 N–H and O–H groups in total. The van der Waals surface area contributed by atoms with Gasteiger partial charge in [0, 0.05) is 19.1 Å². The van der Waals surface area contributed by atoms with Crippen LogP contribution in [0.1, 0.15) is 61.5 Å². The van der Waals surface area contributed by atoms with Crippen LogP contribution in [0.3, 0.4) is 0 Å². The number of aryl methyl sites for hydroxylation is 1. The van der Waals surface area contributed by atoms with E-state index in [-0.39, 0.29) is 0 Å². The molecule has 0 aliphatic heterocycles. The van der Waals surface area contributed by atoms with E-state index in [1.807, 2.05) is 25.1 Å². The van der Waals surface area contributed by atoms with Crippen molar-refractivity contribution in [2.24, 2.45) is 5.92 Å². The number of benzene rings is 2. The minimum absolute atomic E-state index is 0.311. The van der Waals surface area contributed by atoms with Gasteiger partial charge < -0.3 is 24.6 Å². The van der Waals surface area contributed by atoms with E-state index in [1.54, 1.807) is 32.2 Å². The summed E-state index contributed by atoms with van der Waals surface area (Å²) in [6, 6.07) is 13.1. The van der Waals surface area contributed by atoms with Gasteiger partial charge in [-0.05, 0) is 56.4 Å². The molecule has 0 fully saturated rings. The zero-order valence-electron chi connectivity index (χ0n) is 21.6. The number of nitrogens with one attached hydrogen (secondary N) is 1. The first-order valence-electron chi connectivity index (χ1n) is 12.2. The molecule has 0 aliphatic rings. The van der Waals surface area contributed by atoms with Gasteiger partial charge in [0.1, 0.15) is 12.1 Å². The molecule has 35 heavy (non-hydrogen) atoms. The monoisotopic (exact) mass is 485 g/mol. The van der Waals surface area contributed by atoms with Gasteiger partial charge in [-0.25, -0.2) is 4.79 Å². The molecular formula is C28H39NO6. The second-order valence-electron chi connectivity index (χ2n) is 9.23. The first-order chi connectivity index (χ1) is 16.7. The maximum absolute atomic E-state index is 13.0. The third kappa shape index (κ3) is 8.91. The first kappa shape index (κ1) is 28.2. The summed E-state index contributed by atoms with van der Waals surface area (Å²) in [4.78, 5) is 25.0. The maximum atomic E-state index is 13.0. The summed E-state index contributed by atoms with van der Waals surface area (Å²) in [5.41, 5.74) is 1.28. The third-order valence-corrected chi connectivity index (χ3v) is 6.18. The van der Waals surface area contributed by atoms with Crippen molar-refractivity contribution in [2.45, 2.75) is 58.9 Å².